The fraction of sp³-hybridized carbons (Fsp3) is 0.417. The number of anilines is 2. The lowest BCUT2D eigenvalue weighted by molar-refractivity contribution is -0.117. The number of nitrogens with two attached hydrogens (primary N) is 1. The van der Waals surface area contributed by atoms with Crippen LogP contribution in [0.2, 0.25) is 0 Å². The maximum absolute atomic E-state index is 12.9. The molecule has 1 unspecified atom stereocenters. The fourth-order valence-electron chi connectivity index (χ4n) is 1.58. The number of hydrogen-bond acceptors (Lipinski definition) is 4. The molecule has 0 spiro atoms. The van der Waals surface area contributed by atoms with Crippen LogP contribution in [0.1, 0.15) is 6.92 Å². The second kappa shape index (κ2) is 6.32. The maximum Gasteiger partial charge on any atom is 0.238 e. The molecule has 1 amide bonds. The topological polar surface area (TPSA) is 78.6 Å². The number of hydrogen-bond donors (Lipinski definition) is 3. The summed E-state index contributed by atoms with van der Waals surface area (Å²) in [5.74, 6) is -0.761. The van der Waals surface area contributed by atoms with E-state index in [0.717, 1.165) is 0 Å². The molecule has 1 atom stereocenters. The van der Waals surface area contributed by atoms with E-state index in [1.54, 1.807) is 18.9 Å². The highest BCUT2D eigenvalue weighted by molar-refractivity contribution is 5.92. The summed E-state index contributed by atoms with van der Waals surface area (Å²) in [5.41, 5.74) is 5.83. The Hall–Kier alpha value is -1.66. The Balaban J connectivity index is 2.51. The van der Waals surface area contributed by atoms with Crippen LogP contribution in [0.25, 0.3) is 0 Å². The number of benzene rings is 1. The average molecular weight is 255 g/mol. The molecule has 0 fully saturated rings. The molecule has 0 saturated carbocycles. The number of carbonyl (C=O) groups excluding carboxylic acids is 1. The van der Waals surface area contributed by atoms with E-state index in [1.807, 2.05) is 0 Å². The van der Waals surface area contributed by atoms with Gasteiger partial charge in [-0.15, -0.1) is 0 Å². The second-order valence-electron chi connectivity index (χ2n) is 4.33. The first-order valence-electron chi connectivity index (χ1n) is 5.60. The Morgan fingerprint density at radius 1 is 1.61 bits per heavy atom. The van der Waals surface area contributed by atoms with Gasteiger partial charge in [0.1, 0.15) is 5.82 Å². The van der Waals surface area contributed by atoms with Crippen LogP contribution in [0.15, 0.2) is 18.2 Å². The number of amides is 1. The van der Waals surface area contributed by atoms with Crippen LogP contribution in [-0.2, 0) is 4.79 Å². The van der Waals surface area contributed by atoms with Gasteiger partial charge < -0.3 is 16.2 Å². The average Bonchev–Trinajstić information content (AvgIpc) is 2.21. The van der Waals surface area contributed by atoms with Crippen molar-refractivity contribution in [3.8, 4) is 0 Å². The molecule has 6 heteroatoms. The summed E-state index contributed by atoms with van der Waals surface area (Å²) in [6.07, 6.45) is -0.496. The van der Waals surface area contributed by atoms with Crippen molar-refractivity contribution in [2.45, 2.75) is 13.0 Å². The summed E-state index contributed by atoms with van der Waals surface area (Å²) in [6.45, 7) is 2.19. The van der Waals surface area contributed by atoms with Gasteiger partial charge in [0.05, 0.1) is 18.3 Å². The molecule has 0 heterocycles. The Morgan fingerprint density at radius 2 is 2.28 bits per heavy atom. The minimum atomic E-state index is -0.515. The zero-order chi connectivity index (χ0) is 13.7. The molecule has 0 aromatic heterocycles. The number of carbonyl (C=O) groups is 1. The molecule has 1 rings (SSSR count). The summed E-state index contributed by atoms with van der Waals surface area (Å²) >= 11 is 0. The molecule has 0 radical (unpaired) electrons. The Morgan fingerprint density at radius 3 is 2.83 bits per heavy atom. The smallest absolute Gasteiger partial charge is 0.238 e. The van der Waals surface area contributed by atoms with Crippen LogP contribution in [0.3, 0.4) is 0 Å². The predicted octanol–water partition coefficient (Wildman–Crippen LogP) is 0.659. The van der Waals surface area contributed by atoms with Gasteiger partial charge >= 0.3 is 0 Å². The number of nitrogens with zero attached hydrogens (tertiary/aromatic N) is 1. The van der Waals surface area contributed by atoms with Crippen molar-refractivity contribution in [1.82, 2.24) is 4.90 Å². The molecule has 0 aliphatic heterocycles. The third-order valence-corrected chi connectivity index (χ3v) is 2.27. The molecule has 4 N–H and O–H groups in total. The van der Waals surface area contributed by atoms with E-state index in [-0.39, 0.29) is 18.1 Å². The highest BCUT2D eigenvalue weighted by atomic mass is 19.1. The standard InChI is InChI=1S/C12H18FN3O2/c1-8(17)6-16(2)7-12(18)15-9-3-4-10(13)11(14)5-9/h3-5,8,17H,6-7,14H2,1-2H3,(H,15,18). The number of nitrogen functional groups attached to an aromatic ring is 1. The highest BCUT2D eigenvalue weighted by Crippen LogP contribution is 2.16. The van der Waals surface area contributed by atoms with Crippen LogP contribution in [0.4, 0.5) is 15.8 Å². The van der Waals surface area contributed by atoms with Gasteiger partial charge in [0.25, 0.3) is 0 Å². The predicted molar refractivity (Wildman–Crippen MR) is 68.6 cm³/mol. The van der Waals surface area contributed by atoms with Gasteiger partial charge in [-0.1, -0.05) is 0 Å². The van der Waals surface area contributed by atoms with Gasteiger partial charge in [-0.25, -0.2) is 4.39 Å². The Bertz CT molecular complexity index is 424. The number of aliphatic hydroxyl groups excluding tert-OH is 1. The summed E-state index contributed by atoms with van der Waals surface area (Å²) in [7, 11) is 1.73. The van der Waals surface area contributed by atoms with Crippen molar-refractivity contribution in [2.24, 2.45) is 0 Å². The normalized spacial score (nSPS) is 12.5. The summed E-state index contributed by atoms with van der Waals surface area (Å²) in [6, 6.07) is 4.00. The van der Waals surface area contributed by atoms with Gasteiger partial charge in [-0.3, -0.25) is 9.69 Å². The summed E-state index contributed by atoms with van der Waals surface area (Å²) < 4.78 is 12.9. The zero-order valence-electron chi connectivity index (χ0n) is 10.5. The monoisotopic (exact) mass is 255 g/mol. The van der Waals surface area contributed by atoms with E-state index in [2.05, 4.69) is 5.32 Å². The first-order chi connectivity index (χ1) is 8.38. The van der Waals surface area contributed by atoms with E-state index < -0.39 is 11.9 Å². The SMILES string of the molecule is CC(O)CN(C)CC(=O)Nc1ccc(F)c(N)c1. The Labute approximate surface area is 105 Å². The number of halogens is 1. The number of aliphatic hydroxyl groups is 1. The maximum atomic E-state index is 12.9. The largest absolute Gasteiger partial charge is 0.396 e. The summed E-state index contributed by atoms with van der Waals surface area (Å²) in [4.78, 5) is 13.3. The lowest BCUT2D eigenvalue weighted by Gasteiger charge is -2.17. The minimum absolute atomic E-state index is 0.00913. The highest BCUT2D eigenvalue weighted by Gasteiger charge is 2.09. The molecule has 0 aliphatic rings. The van der Waals surface area contributed by atoms with E-state index in [0.29, 0.717) is 12.2 Å². The van der Waals surface area contributed by atoms with Gasteiger partial charge in [0.2, 0.25) is 5.91 Å². The third-order valence-electron chi connectivity index (χ3n) is 2.27. The molecule has 1 aromatic rings. The van der Waals surface area contributed by atoms with Crippen molar-refractivity contribution in [2.75, 3.05) is 31.2 Å². The van der Waals surface area contributed by atoms with Crippen molar-refractivity contribution in [3.05, 3.63) is 24.0 Å². The van der Waals surface area contributed by atoms with Crippen LogP contribution >= 0.6 is 0 Å². The molecular weight excluding hydrogens is 237 g/mol. The lowest BCUT2D eigenvalue weighted by Crippen LogP contribution is -2.34. The van der Waals surface area contributed by atoms with E-state index in [4.69, 9.17) is 10.8 Å². The molecule has 5 nitrogen and oxygen atoms in total. The second-order valence-corrected chi connectivity index (χ2v) is 4.33. The van der Waals surface area contributed by atoms with E-state index in [9.17, 15) is 9.18 Å². The van der Waals surface area contributed by atoms with Crippen molar-refractivity contribution < 1.29 is 14.3 Å². The first kappa shape index (κ1) is 14.4. The van der Waals surface area contributed by atoms with Crippen molar-refractivity contribution in [3.63, 3.8) is 0 Å². The Kier molecular flexibility index (Phi) is 5.06. The van der Waals surface area contributed by atoms with Crippen LogP contribution in [0, 0.1) is 5.82 Å². The quantitative estimate of drug-likeness (QED) is 0.675. The fourth-order valence-corrected chi connectivity index (χ4v) is 1.58. The molecule has 0 saturated heterocycles. The number of rotatable bonds is 5. The molecule has 18 heavy (non-hydrogen) atoms. The molecular formula is C12H18FN3O2. The van der Waals surface area contributed by atoms with Crippen molar-refractivity contribution in [1.29, 1.82) is 0 Å². The van der Waals surface area contributed by atoms with E-state index >= 15 is 0 Å². The summed E-state index contributed by atoms with van der Waals surface area (Å²) in [5, 5.41) is 11.8. The van der Waals surface area contributed by atoms with Crippen LogP contribution in [0.5, 0.6) is 0 Å². The first-order valence-corrected chi connectivity index (χ1v) is 5.60. The van der Waals surface area contributed by atoms with Gasteiger partial charge in [-0.05, 0) is 32.2 Å². The lowest BCUT2D eigenvalue weighted by atomic mass is 10.2. The zero-order valence-corrected chi connectivity index (χ0v) is 10.5. The van der Waals surface area contributed by atoms with Gasteiger partial charge in [0.15, 0.2) is 0 Å². The van der Waals surface area contributed by atoms with Gasteiger partial charge in [0, 0.05) is 12.2 Å². The molecule has 0 bridgehead atoms. The minimum Gasteiger partial charge on any atom is -0.396 e. The third kappa shape index (κ3) is 4.68. The van der Waals surface area contributed by atoms with Crippen molar-refractivity contribution >= 4 is 17.3 Å². The van der Waals surface area contributed by atoms with Crippen LogP contribution in [-0.4, -0.2) is 42.2 Å². The van der Waals surface area contributed by atoms with Crippen LogP contribution < -0.4 is 11.1 Å². The number of nitrogens with one attached hydrogen (secondary N) is 1. The van der Waals surface area contributed by atoms with Gasteiger partial charge in [-0.2, -0.15) is 0 Å². The molecule has 1 aromatic carbocycles. The molecule has 0 aliphatic carbocycles. The van der Waals surface area contributed by atoms with E-state index in [1.165, 1.54) is 18.2 Å². The molecule has 100 valence electrons. The number of likely N-dealkylation sites (N-methyl/N-ethyl adjacent to an activating group) is 1.